The minimum atomic E-state index is -0.858. The summed E-state index contributed by atoms with van der Waals surface area (Å²) in [6, 6.07) is 4.89. The van der Waals surface area contributed by atoms with E-state index in [1.54, 1.807) is 24.4 Å². The number of aliphatic hydroxyl groups excluding tert-OH is 1. The molecule has 1 N–H and O–H groups in total. The van der Waals surface area contributed by atoms with Gasteiger partial charge in [-0.2, -0.15) is 0 Å². The predicted molar refractivity (Wildman–Crippen MR) is 64.9 cm³/mol. The second-order valence-corrected chi connectivity index (χ2v) is 5.12. The van der Waals surface area contributed by atoms with Gasteiger partial charge in [-0.3, -0.25) is 0 Å². The minimum Gasteiger partial charge on any atom is -0.388 e. The summed E-state index contributed by atoms with van der Waals surface area (Å²) in [4.78, 5) is 4.06. The summed E-state index contributed by atoms with van der Waals surface area (Å²) in [5, 5.41) is 12.5. The van der Waals surface area contributed by atoms with Gasteiger partial charge in [0.25, 0.3) is 0 Å². The zero-order chi connectivity index (χ0) is 11.5. The van der Waals surface area contributed by atoms with Crippen LogP contribution in [0.5, 0.6) is 0 Å². The molecule has 84 valence electrons. The lowest BCUT2D eigenvalue weighted by Crippen LogP contribution is -2.04. The fraction of sp³-hybridized carbons (Fsp3) is 0.182. The quantitative estimate of drug-likeness (QED) is 0.943. The summed E-state index contributed by atoms with van der Waals surface area (Å²) in [5.74, 6) is -0.411. The predicted octanol–water partition coefficient (Wildman–Crippen LogP) is 3.32. The second-order valence-electron chi connectivity index (χ2n) is 3.29. The van der Waals surface area contributed by atoms with Crippen LogP contribution in [0.1, 0.15) is 16.7 Å². The minimum absolute atomic E-state index is 0.296. The van der Waals surface area contributed by atoms with Crippen molar-refractivity contribution >= 4 is 27.3 Å². The zero-order valence-corrected chi connectivity index (χ0v) is 10.6. The summed E-state index contributed by atoms with van der Waals surface area (Å²) in [6.07, 6.45) is 1.15. The van der Waals surface area contributed by atoms with Gasteiger partial charge in [0.1, 0.15) is 5.82 Å². The van der Waals surface area contributed by atoms with Crippen molar-refractivity contribution in [3.05, 3.63) is 50.6 Å². The van der Waals surface area contributed by atoms with Crippen LogP contribution in [-0.2, 0) is 6.42 Å². The van der Waals surface area contributed by atoms with E-state index >= 15 is 0 Å². The summed E-state index contributed by atoms with van der Waals surface area (Å²) in [7, 11) is 0. The fourth-order valence-electron chi connectivity index (χ4n) is 1.41. The van der Waals surface area contributed by atoms with Crippen LogP contribution in [0, 0.1) is 5.82 Å². The smallest absolute Gasteiger partial charge is 0.143 e. The third kappa shape index (κ3) is 2.48. The molecule has 0 bridgehead atoms. The van der Waals surface area contributed by atoms with Crippen molar-refractivity contribution < 1.29 is 9.50 Å². The molecule has 2 aromatic rings. The van der Waals surface area contributed by atoms with Crippen LogP contribution < -0.4 is 0 Å². The molecule has 0 amide bonds. The molecule has 1 unspecified atom stereocenters. The molecular weight excluding hydrogens is 293 g/mol. The Hall–Kier alpha value is -0.780. The third-order valence-corrected chi connectivity index (χ3v) is 3.61. The van der Waals surface area contributed by atoms with Gasteiger partial charge in [-0.05, 0) is 22.0 Å². The highest BCUT2D eigenvalue weighted by atomic mass is 79.9. The van der Waals surface area contributed by atoms with Crippen molar-refractivity contribution in [2.45, 2.75) is 12.5 Å². The van der Waals surface area contributed by atoms with Crippen molar-refractivity contribution in [3.63, 3.8) is 0 Å². The molecule has 0 saturated heterocycles. The van der Waals surface area contributed by atoms with E-state index in [9.17, 15) is 9.50 Å². The van der Waals surface area contributed by atoms with Gasteiger partial charge in [0, 0.05) is 23.6 Å². The number of nitrogens with zero attached hydrogens (tertiary/aromatic N) is 1. The molecule has 1 heterocycles. The summed E-state index contributed by atoms with van der Waals surface area (Å²) in [5.41, 5.74) is 0.296. The van der Waals surface area contributed by atoms with Crippen LogP contribution in [0.15, 0.2) is 34.2 Å². The molecule has 0 aliphatic carbocycles. The molecule has 1 aromatic heterocycles. The van der Waals surface area contributed by atoms with Gasteiger partial charge in [0.2, 0.25) is 0 Å². The molecule has 2 nitrogen and oxygen atoms in total. The number of rotatable bonds is 3. The number of aliphatic hydroxyl groups is 1. The Morgan fingerprint density at radius 2 is 2.31 bits per heavy atom. The van der Waals surface area contributed by atoms with Gasteiger partial charge in [-0.1, -0.05) is 12.1 Å². The highest BCUT2D eigenvalue weighted by Crippen LogP contribution is 2.26. The summed E-state index contributed by atoms with van der Waals surface area (Å²) < 4.78 is 14.0. The Kier molecular flexibility index (Phi) is 3.68. The Bertz CT molecular complexity index is 475. The van der Waals surface area contributed by atoms with Crippen molar-refractivity contribution in [3.8, 4) is 0 Å². The zero-order valence-electron chi connectivity index (χ0n) is 8.23. The van der Waals surface area contributed by atoms with E-state index < -0.39 is 11.9 Å². The first-order chi connectivity index (χ1) is 7.68. The standard InChI is InChI=1S/C11H9BrFNOS/c12-8-3-1-2-7(11(8)13)9(15)6-10-14-4-5-16-10/h1-5,9,15H,6H2. The first kappa shape index (κ1) is 11.7. The molecule has 16 heavy (non-hydrogen) atoms. The van der Waals surface area contributed by atoms with E-state index in [0.717, 1.165) is 5.01 Å². The van der Waals surface area contributed by atoms with E-state index in [-0.39, 0.29) is 0 Å². The molecule has 0 saturated carbocycles. The maximum atomic E-state index is 13.7. The second kappa shape index (κ2) is 5.03. The molecule has 0 spiro atoms. The van der Waals surface area contributed by atoms with Gasteiger partial charge in [-0.25, -0.2) is 9.37 Å². The van der Waals surface area contributed by atoms with Gasteiger partial charge in [-0.15, -0.1) is 11.3 Å². The normalized spacial score (nSPS) is 12.7. The van der Waals surface area contributed by atoms with Crippen LogP contribution in [0.25, 0.3) is 0 Å². The number of aromatic nitrogens is 1. The van der Waals surface area contributed by atoms with Crippen LogP contribution >= 0.6 is 27.3 Å². The molecule has 5 heteroatoms. The molecular formula is C11H9BrFNOS. The Morgan fingerprint density at radius 1 is 1.50 bits per heavy atom. The summed E-state index contributed by atoms with van der Waals surface area (Å²) >= 11 is 4.54. The third-order valence-electron chi connectivity index (χ3n) is 2.19. The van der Waals surface area contributed by atoms with Crippen LogP contribution in [0.2, 0.25) is 0 Å². The highest BCUT2D eigenvalue weighted by Gasteiger charge is 2.16. The van der Waals surface area contributed by atoms with Gasteiger partial charge >= 0.3 is 0 Å². The number of thiazole rings is 1. The van der Waals surface area contributed by atoms with Crippen LogP contribution in [0.3, 0.4) is 0 Å². The van der Waals surface area contributed by atoms with E-state index in [2.05, 4.69) is 20.9 Å². The van der Waals surface area contributed by atoms with E-state index in [4.69, 9.17) is 0 Å². The van der Waals surface area contributed by atoms with Crippen LogP contribution in [-0.4, -0.2) is 10.1 Å². The highest BCUT2D eigenvalue weighted by molar-refractivity contribution is 9.10. The average Bonchev–Trinajstić information content (AvgIpc) is 2.74. The first-order valence-corrected chi connectivity index (χ1v) is 6.36. The van der Waals surface area contributed by atoms with Crippen molar-refractivity contribution in [2.75, 3.05) is 0 Å². The van der Waals surface area contributed by atoms with Gasteiger partial charge < -0.3 is 5.11 Å². The lowest BCUT2D eigenvalue weighted by molar-refractivity contribution is 0.173. The number of halogens is 2. The Balaban J connectivity index is 2.21. The molecule has 0 fully saturated rings. The first-order valence-electron chi connectivity index (χ1n) is 4.69. The van der Waals surface area contributed by atoms with Crippen molar-refractivity contribution in [2.24, 2.45) is 0 Å². The van der Waals surface area contributed by atoms with Crippen molar-refractivity contribution in [1.82, 2.24) is 4.98 Å². The Labute approximate surface area is 105 Å². The lowest BCUT2D eigenvalue weighted by atomic mass is 10.1. The van der Waals surface area contributed by atoms with E-state index in [0.29, 0.717) is 16.5 Å². The number of hydrogen-bond acceptors (Lipinski definition) is 3. The molecule has 0 aliphatic heterocycles. The molecule has 0 aliphatic rings. The fourth-order valence-corrected chi connectivity index (χ4v) is 2.44. The molecule has 0 radical (unpaired) electrons. The largest absolute Gasteiger partial charge is 0.388 e. The van der Waals surface area contributed by atoms with Crippen molar-refractivity contribution in [1.29, 1.82) is 0 Å². The number of hydrogen-bond donors (Lipinski definition) is 1. The average molecular weight is 302 g/mol. The van der Waals surface area contributed by atoms with Crippen LogP contribution in [0.4, 0.5) is 4.39 Å². The van der Waals surface area contributed by atoms with E-state index in [1.807, 2.05) is 5.38 Å². The SMILES string of the molecule is OC(Cc1nccs1)c1cccc(Br)c1F. The van der Waals surface area contributed by atoms with E-state index in [1.165, 1.54) is 11.3 Å². The maximum absolute atomic E-state index is 13.7. The molecule has 1 atom stereocenters. The monoisotopic (exact) mass is 301 g/mol. The molecule has 1 aromatic carbocycles. The number of benzene rings is 1. The topological polar surface area (TPSA) is 33.1 Å². The lowest BCUT2D eigenvalue weighted by Gasteiger charge is -2.10. The summed E-state index contributed by atoms with van der Waals surface area (Å²) in [6.45, 7) is 0. The van der Waals surface area contributed by atoms with Gasteiger partial charge in [0.05, 0.1) is 15.6 Å². The maximum Gasteiger partial charge on any atom is 0.143 e. The molecule has 2 rings (SSSR count). The van der Waals surface area contributed by atoms with Gasteiger partial charge in [0.15, 0.2) is 0 Å². The Morgan fingerprint density at radius 3 is 3.00 bits per heavy atom.